The molecule has 0 N–H and O–H groups in total. The predicted molar refractivity (Wildman–Crippen MR) is 91.5 cm³/mol. The van der Waals surface area contributed by atoms with Gasteiger partial charge in [0, 0.05) is 17.0 Å². The zero-order valence-corrected chi connectivity index (χ0v) is 15.1. The second-order valence-corrected chi connectivity index (χ2v) is 7.59. The smallest absolute Gasteiger partial charge is 0.307 e. The van der Waals surface area contributed by atoms with Crippen LogP contribution in [-0.2, 0) is 20.9 Å². The largest absolute Gasteiger partial charge is 0.469 e. The summed E-state index contributed by atoms with van der Waals surface area (Å²) in [5, 5.41) is 0.618. The number of benzene rings is 1. The van der Waals surface area contributed by atoms with E-state index in [0.29, 0.717) is 16.4 Å². The molecule has 2 rings (SSSR count). The summed E-state index contributed by atoms with van der Waals surface area (Å²) in [5.74, 6) is -0.513. The third kappa shape index (κ3) is 4.20. The van der Waals surface area contributed by atoms with Gasteiger partial charge in [0.25, 0.3) is 5.91 Å². The standard InChI is InChI=1S/C16H19ClN2O3S/c1-16(2,3)14(21)18-15-19(8-7-13(20)22-4)11-6-5-10(17)9-12(11)23-15/h5-6,9H,7-8H2,1-4H3. The van der Waals surface area contributed by atoms with Gasteiger partial charge in [-0.05, 0) is 18.2 Å². The SMILES string of the molecule is COC(=O)CCn1c(=NC(=O)C(C)(C)C)sc2cc(Cl)ccc21. The monoisotopic (exact) mass is 354 g/mol. The third-order valence-corrected chi connectivity index (χ3v) is 4.53. The number of methoxy groups -OCH3 is 1. The fraction of sp³-hybridized carbons (Fsp3) is 0.438. The second kappa shape index (κ2) is 6.84. The summed E-state index contributed by atoms with van der Waals surface area (Å²) >= 11 is 7.41. The van der Waals surface area contributed by atoms with Crippen LogP contribution in [0.1, 0.15) is 27.2 Å². The first-order valence-electron chi connectivity index (χ1n) is 7.17. The Morgan fingerprint density at radius 1 is 1.35 bits per heavy atom. The third-order valence-electron chi connectivity index (χ3n) is 3.25. The van der Waals surface area contributed by atoms with E-state index in [1.54, 1.807) is 6.07 Å². The fourth-order valence-corrected chi connectivity index (χ4v) is 3.24. The number of nitrogens with zero attached hydrogens (tertiary/aromatic N) is 2. The molecule has 0 aliphatic rings. The molecule has 0 aliphatic heterocycles. The maximum atomic E-state index is 12.2. The van der Waals surface area contributed by atoms with Crippen LogP contribution in [-0.4, -0.2) is 23.6 Å². The summed E-state index contributed by atoms with van der Waals surface area (Å²) in [7, 11) is 1.35. The van der Waals surface area contributed by atoms with Gasteiger partial charge in [-0.1, -0.05) is 43.7 Å². The molecule has 0 bridgehead atoms. The summed E-state index contributed by atoms with van der Waals surface area (Å²) in [6.07, 6.45) is 0.210. The number of thiazole rings is 1. The van der Waals surface area contributed by atoms with Gasteiger partial charge in [-0.25, -0.2) is 0 Å². The van der Waals surface area contributed by atoms with Crippen molar-refractivity contribution < 1.29 is 14.3 Å². The van der Waals surface area contributed by atoms with E-state index in [-0.39, 0.29) is 18.3 Å². The maximum absolute atomic E-state index is 12.2. The Bertz CT molecular complexity index is 815. The van der Waals surface area contributed by atoms with Gasteiger partial charge in [0.2, 0.25) is 0 Å². The van der Waals surface area contributed by atoms with Crippen LogP contribution in [0, 0.1) is 5.41 Å². The molecule has 2 aromatic rings. The number of ether oxygens (including phenoxy) is 1. The number of aromatic nitrogens is 1. The highest BCUT2D eigenvalue weighted by Crippen LogP contribution is 2.23. The van der Waals surface area contributed by atoms with Crippen molar-refractivity contribution in [3.8, 4) is 0 Å². The van der Waals surface area contributed by atoms with Crippen LogP contribution in [0.4, 0.5) is 0 Å². The van der Waals surface area contributed by atoms with Crippen molar-refractivity contribution in [2.45, 2.75) is 33.7 Å². The number of carbonyl (C=O) groups is 2. The van der Waals surface area contributed by atoms with Gasteiger partial charge < -0.3 is 9.30 Å². The van der Waals surface area contributed by atoms with Gasteiger partial charge in [-0.2, -0.15) is 4.99 Å². The minimum Gasteiger partial charge on any atom is -0.469 e. The van der Waals surface area contributed by atoms with Crippen molar-refractivity contribution in [2.24, 2.45) is 10.4 Å². The van der Waals surface area contributed by atoms with Crippen LogP contribution >= 0.6 is 22.9 Å². The van der Waals surface area contributed by atoms with Gasteiger partial charge >= 0.3 is 5.97 Å². The number of halogens is 1. The first kappa shape index (κ1) is 17.7. The van der Waals surface area contributed by atoms with Crippen LogP contribution in [0.3, 0.4) is 0 Å². The van der Waals surface area contributed by atoms with E-state index in [4.69, 9.17) is 11.6 Å². The van der Waals surface area contributed by atoms with Crippen LogP contribution < -0.4 is 4.80 Å². The molecule has 0 aliphatic carbocycles. The van der Waals surface area contributed by atoms with Crippen molar-refractivity contribution >= 4 is 45.0 Å². The first-order valence-corrected chi connectivity index (χ1v) is 8.36. The zero-order valence-electron chi connectivity index (χ0n) is 13.6. The quantitative estimate of drug-likeness (QED) is 0.794. The fourth-order valence-electron chi connectivity index (χ4n) is 1.91. The topological polar surface area (TPSA) is 60.7 Å². The molecule has 7 heteroatoms. The molecule has 1 aromatic heterocycles. The molecule has 0 saturated carbocycles. The highest BCUT2D eigenvalue weighted by molar-refractivity contribution is 7.16. The highest BCUT2D eigenvalue weighted by Gasteiger charge is 2.21. The van der Waals surface area contributed by atoms with E-state index in [9.17, 15) is 9.59 Å². The van der Waals surface area contributed by atoms with E-state index < -0.39 is 5.41 Å². The number of hydrogen-bond donors (Lipinski definition) is 0. The lowest BCUT2D eigenvalue weighted by molar-refractivity contribution is -0.140. The van der Waals surface area contributed by atoms with Crippen molar-refractivity contribution in [2.75, 3.05) is 7.11 Å². The molecular weight excluding hydrogens is 336 g/mol. The van der Waals surface area contributed by atoms with Gasteiger partial charge in [0.15, 0.2) is 4.80 Å². The molecule has 0 saturated heterocycles. The molecule has 1 heterocycles. The maximum Gasteiger partial charge on any atom is 0.307 e. The molecule has 0 fully saturated rings. The van der Waals surface area contributed by atoms with E-state index in [2.05, 4.69) is 9.73 Å². The summed E-state index contributed by atoms with van der Waals surface area (Å²) in [6.45, 7) is 5.86. The number of hydrogen-bond acceptors (Lipinski definition) is 4. The number of carbonyl (C=O) groups excluding carboxylic acids is 2. The average Bonchev–Trinajstić information content (AvgIpc) is 2.80. The summed E-state index contributed by atoms with van der Waals surface area (Å²) in [4.78, 5) is 28.5. The minimum atomic E-state index is -0.562. The molecule has 0 unspecified atom stereocenters. The molecule has 124 valence electrons. The van der Waals surface area contributed by atoms with Crippen LogP contribution in [0.2, 0.25) is 5.02 Å². The number of rotatable bonds is 3. The van der Waals surface area contributed by atoms with Crippen LogP contribution in [0.25, 0.3) is 10.2 Å². The van der Waals surface area contributed by atoms with E-state index >= 15 is 0 Å². The van der Waals surface area contributed by atoms with E-state index in [0.717, 1.165) is 10.2 Å². The Hall–Kier alpha value is -1.66. The summed E-state index contributed by atoms with van der Waals surface area (Å²) < 4.78 is 7.46. The lowest BCUT2D eigenvalue weighted by atomic mass is 9.96. The first-order chi connectivity index (χ1) is 10.7. The van der Waals surface area contributed by atoms with Crippen molar-refractivity contribution in [3.63, 3.8) is 0 Å². The van der Waals surface area contributed by atoms with Gasteiger partial charge in [-0.3, -0.25) is 9.59 Å². The van der Waals surface area contributed by atoms with Gasteiger partial charge in [0.05, 0.1) is 23.7 Å². The lowest BCUT2D eigenvalue weighted by Crippen LogP contribution is -2.24. The minimum absolute atomic E-state index is 0.207. The highest BCUT2D eigenvalue weighted by atomic mass is 35.5. The lowest BCUT2D eigenvalue weighted by Gasteiger charge is -2.12. The number of aryl methyl sites for hydroxylation is 1. The molecule has 0 spiro atoms. The van der Waals surface area contributed by atoms with Crippen molar-refractivity contribution in [3.05, 3.63) is 28.0 Å². The summed E-state index contributed by atoms with van der Waals surface area (Å²) in [6, 6.07) is 5.48. The molecule has 1 amide bonds. The van der Waals surface area contributed by atoms with Crippen molar-refractivity contribution in [1.82, 2.24) is 4.57 Å². The van der Waals surface area contributed by atoms with Gasteiger partial charge in [-0.15, -0.1) is 0 Å². The van der Waals surface area contributed by atoms with Crippen molar-refractivity contribution in [1.29, 1.82) is 0 Å². The van der Waals surface area contributed by atoms with Crippen LogP contribution in [0.15, 0.2) is 23.2 Å². The number of fused-ring (bicyclic) bond motifs is 1. The normalized spacial score (nSPS) is 12.7. The predicted octanol–water partition coefficient (Wildman–Crippen LogP) is 3.39. The summed E-state index contributed by atoms with van der Waals surface area (Å²) in [5.41, 5.74) is 0.331. The number of amides is 1. The Balaban J connectivity index is 2.55. The second-order valence-electron chi connectivity index (χ2n) is 6.14. The Labute approximate surface area is 143 Å². The number of esters is 1. The molecule has 23 heavy (non-hydrogen) atoms. The Kier molecular flexibility index (Phi) is 5.26. The van der Waals surface area contributed by atoms with Crippen LogP contribution in [0.5, 0.6) is 0 Å². The molecule has 0 radical (unpaired) electrons. The molecular formula is C16H19ClN2O3S. The Morgan fingerprint density at radius 3 is 2.65 bits per heavy atom. The Morgan fingerprint density at radius 2 is 2.04 bits per heavy atom. The molecule has 1 aromatic carbocycles. The van der Waals surface area contributed by atoms with E-state index in [1.165, 1.54) is 18.4 Å². The molecule has 5 nitrogen and oxygen atoms in total. The molecule has 0 atom stereocenters. The zero-order chi connectivity index (χ0) is 17.2. The average molecular weight is 355 g/mol. The van der Waals surface area contributed by atoms with Gasteiger partial charge in [0.1, 0.15) is 0 Å². The van der Waals surface area contributed by atoms with E-state index in [1.807, 2.05) is 37.5 Å².